The molecule has 0 spiro atoms. The lowest BCUT2D eigenvalue weighted by Crippen LogP contribution is -2.35. The molecular weight excluding hydrogens is 245 g/mol. The van der Waals surface area contributed by atoms with Crippen LogP contribution >= 0.6 is 0 Å². The molecular formula is C12H17F3N2O. The number of aryl methyl sites for hydroxylation is 1. The Morgan fingerprint density at radius 1 is 1.44 bits per heavy atom. The van der Waals surface area contributed by atoms with Gasteiger partial charge in [0, 0.05) is 6.04 Å². The number of halogens is 3. The molecule has 0 atom stereocenters. The van der Waals surface area contributed by atoms with Crippen molar-refractivity contribution >= 4 is 0 Å². The molecule has 0 radical (unpaired) electrons. The molecule has 1 aliphatic rings. The van der Waals surface area contributed by atoms with Gasteiger partial charge in [-0.1, -0.05) is 0 Å². The maximum Gasteiger partial charge on any atom is 0.401 e. The Labute approximate surface area is 104 Å². The Morgan fingerprint density at radius 3 is 2.56 bits per heavy atom. The van der Waals surface area contributed by atoms with Crippen molar-refractivity contribution in [1.82, 2.24) is 4.90 Å². The Bertz CT molecular complexity index is 410. The molecule has 0 unspecified atom stereocenters. The van der Waals surface area contributed by atoms with Crippen LogP contribution in [0, 0.1) is 6.92 Å². The molecule has 1 aromatic heterocycles. The van der Waals surface area contributed by atoms with E-state index in [0.29, 0.717) is 11.5 Å². The summed E-state index contributed by atoms with van der Waals surface area (Å²) in [5.74, 6) is 1.21. The minimum atomic E-state index is -4.17. The van der Waals surface area contributed by atoms with Gasteiger partial charge in [-0.2, -0.15) is 13.2 Å². The van der Waals surface area contributed by atoms with Gasteiger partial charge in [-0.05, 0) is 31.4 Å². The molecule has 1 saturated carbocycles. The zero-order valence-corrected chi connectivity index (χ0v) is 10.3. The first kappa shape index (κ1) is 13.4. The zero-order valence-electron chi connectivity index (χ0n) is 10.3. The van der Waals surface area contributed by atoms with Crippen molar-refractivity contribution in [1.29, 1.82) is 0 Å². The SMILES string of the molecule is Cc1cc(CN(CC(F)(F)F)C2CC2)oc1CN. The van der Waals surface area contributed by atoms with Crippen molar-refractivity contribution in [3.8, 4) is 0 Å². The third-order valence-electron chi connectivity index (χ3n) is 3.06. The largest absolute Gasteiger partial charge is 0.463 e. The molecule has 3 nitrogen and oxygen atoms in total. The van der Waals surface area contributed by atoms with Crippen LogP contribution in [0.25, 0.3) is 0 Å². The molecule has 102 valence electrons. The molecule has 0 bridgehead atoms. The third-order valence-corrected chi connectivity index (χ3v) is 3.06. The van der Waals surface area contributed by atoms with E-state index >= 15 is 0 Å². The highest BCUT2D eigenvalue weighted by Gasteiger charge is 2.38. The first-order valence-electron chi connectivity index (χ1n) is 5.98. The molecule has 1 aromatic rings. The van der Waals surface area contributed by atoms with Gasteiger partial charge in [-0.25, -0.2) is 0 Å². The van der Waals surface area contributed by atoms with Crippen LogP contribution in [0.1, 0.15) is 29.9 Å². The van der Waals surface area contributed by atoms with Crippen LogP contribution in [0.15, 0.2) is 10.5 Å². The molecule has 0 amide bonds. The van der Waals surface area contributed by atoms with E-state index in [1.165, 1.54) is 4.90 Å². The normalized spacial score (nSPS) is 16.6. The van der Waals surface area contributed by atoms with E-state index in [2.05, 4.69) is 0 Å². The second kappa shape index (κ2) is 4.93. The van der Waals surface area contributed by atoms with Gasteiger partial charge in [0.2, 0.25) is 0 Å². The summed E-state index contributed by atoms with van der Waals surface area (Å²) in [5.41, 5.74) is 6.38. The van der Waals surface area contributed by atoms with Crippen LogP contribution in [0.4, 0.5) is 13.2 Å². The first-order chi connectivity index (χ1) is 8.39. The van der Waals surface area contributed by atoms with E-state index < -0.39 is 12.7 Å². The molecule has 1 aliphatic carbocycles. The second-order valence-electron chi connectivity index (χ2n) is 4.77. The summed E-state index contributed by atoms with van der Waals surface area (Å²) in [7, 11) is 0. The predicted octanol–water partition coefficient (Wildman–Crippen LogP) is 2.57. The van der Waals surface area contributed by atoms with Gasteiger partial charge in [0.15, 0.2) is 0 Å². The van der Waals surface area contributed by atoms with Crippen LogP contribution in [0.3, 0.4) is 0 Å². The minimum Gasteiger partial charge on any atom is -0.463 e. The van der Waals surface area contributed by atoms with E-state index in [9.17, 15) is 13.2 Å². The Morgan fingerprint density at radius 2 is 2.11 bits per heavy atom. The topological polar surface area (TPSA) is 42.4 Å². The van der Waals surface area contributed by atoms with E-state index in [1.807, 2.05) is 6.92 Å². The highest BCUT2D eigenvalue weighted by Crippen LogP contribution is 2.31. The first-order valence-corrected chi connectivity index (χ1v) is 5.98. The number of hydrogen-bond donors (Lipinski definition) is 1. The number of alkyl halides is 3. The lowest BCUT2D eigenvalue weighted by atomic mass is 10.2. The van der Waals surface area contributed by atoms with Gasteiger partial charge < -0.3 is 10.2 Å². The minimum absolute atomic E-state index is 0.0401. The van der Waals surface area contributed by atoms with E-state index in [4.69, 9.17) is 10.2 Å². The molecule has 18 heavy (non-hydrogen) atoms. The maximum absolute atomic E-state index is 12.5. The van der Waals surface area contributed by atoms with Crippen LogP contribution < -0.4 is 5.73 Å². The maximum atomic E-state index is 12.5. The van der Waals surface area contributed by atoms with Crippen molar-refractivity contribution in [3.63, 3.8) is 0 Å². The van der Waals surface area contributed by atoms with Crippen molar-refractivity contribution in [3.05, 3.63) is 23.2 Å². The highest BCUT2D eigenvalue weighted by atomic mass is 19.4. The molecule has 1 fully saturated rings. The number of rotatable bonds is 5. The van der Waals surface area contributed by atoms with Crippen LogP contribution in [0.2, 0.25) is 0 Å². The average Bonchev–Trinajstić information content (AvgIpc) is 3.01. The molecule has 0 saturated heterocycles. The Hall–Kier alpha value is -1.01. The van der Waals surface area contributed by atoms with Gasteiger partial charge in [0.1, 0.15) is 11.5 Å². The van der Waals surface area contributed by atoms with E-state index in [0.717, 1.165) is 18.4 Å². The van der Waals surface area contributed by atoms with Crippen molar-refractivity contribution in [2.75, 3.05) is 6.54 Å². The standard InChI is InChI=1S/C12H17F3N2O/c1-8-4-10(18-11(8)5-16)6-17(9-2-3-9)7-12(13,14)15/h4,9H,2-3,5-7,16H2,1H3. The molecule has 0 aliphatic heterocycles. The van der Waals surface area contributed by atoms with Gasteiger partial charge in [0.05, 0.1) is 19.6 Å². The summed E-state index contributed by atoms with van der Waals surface area (Å²) >= 11 is 0. The van der Waals surface area contributed by atoms with Gasteiger partial charge in [0.25, 0.3) is 0 Å². The van der Waals surface area contributed by atoms with Crippen molar-refractivity contribution in [2.45, 2.75) is 45.1 Å². The van der Waals surface area contributed by atoms with Crippen molar-refractivity contribution in [2.24, 2.45) is 5.73 Å². The van der Waals surface area contributed by atoms with Crippen LogP contribution in [-0.4, -0.2) is 23.7 Å². The summed E-state index contributed by atoms with van der Waals surface area (Å²) in [6.07, 6.45) is -2.50. The molecule has 6 heteroatoms. The predicted molar refractivity (Wildman–Crippen MR) is 60.8 cm³/mol. The van der Waals surface area contributed by atoms with Crippen LogP contribution in [-0.2, 0) is 13.1 Å². The van der Waals surface area contributed by atoms with E-state index in [-0.39, 0.29) is 19.1 Å². The second-order valence-corrected chi connectivity index (χ2v) is 4.77. The Kier molecular flexibility index (Phi) is 3.68. The van der Waals surface area contributed by atoms with Gasteiger partial charge >= 0.3 is 6.18 Å². The summed E-state index contributed by atoms with van der Waals surface area (Å²) in [4.78, 5) is 1.43. The van der Waals surface area contributed by atoms with E-state index in [1.54, 1.807) is 6.07 Å². The summed E-state index contributed by atoms with van der Waals surface area (Å²) in [5, 5.41) is 0. The lowest BCUT2D eigenvalue weighted by Gasteiger charge is -2.22. The molecule has 1 heterocycles. The van der Waals surface area contributed by atoms with Gasteiger partial charge in [-0.3, -0.25) is 4.90 Å². The lowest BCUT2D eigenvalue weighted by molar-refractivity contribution is -0.148. The fourth-order valence-corrected chi connectivity index (χ4v) is 2.05. The molecule has 2 N–H and O–H groups in total. The number of hydrogen-bond acceptors (Lipinski definition) is 3. The van der Waals surface area contributed by atoms with Crippen LogP contribution in [0.5, 0.6) is 0 Å². The average molecular weight is 262 g/mol. The monoisotopic (exact) mass is 262 g/mol. The van der Waals surface area contributed by atoms with Crippen molar-refractivity contribution < 1.29 is 17.6 Å². The van der Waals surface area contributed by atoms with Gasteiger partial charge in [-0.15, -0.1) is 0 Å². The number of furan rings is 1. The smallest absolute Gasteiger partial charge is 0.401 e. The molecule has 0 aromatic carbocycles. The summed E-state index contributed by atoms with van der Waals surface area (Å²) in [6, 6.07) is 1.81. The number of nitrogens with zero attached hydrogens (tertiary/aromatic N) is 1. The fourth-order valence-electron chi connectivity index (χ4n) is 2.05. The Balaban J connectivity index is 2.03. The summed E-state index contributed by atoms with van der Waals surface area (Å²) < 4.78 is 42.8. The third kappa shape index (κ3) is 3.49. The highest BCUT2D eigenvalue weighted by molar-refractivity contribution is 5.20. The number of nitrogens with two attached hydrogens (primary N) is 1. The summed E-state index contributed by atoms with van der Waals surface area (Å²) in [6.45, 7) is 1.44. The zero-order chi connectivity index (χ0) is 13.3. The molecule has 2 rings (SSSR count). The quantitative estimate of drug-likeness (QED) is 0.886. The fraction of sp³-hybridized carbons (Fsp3) is 0.667.